The predicted molar refractivity (Wildman–Crippen MR) is 134 cm³/mol. The summed E-state index contributed by atoms with van der Waals surface area (Å²) in [5.74, 6) is 0.331. The average molecular weight is 593 g/mol. The normalized spacial score (nSPS) is 17.1. The molecule has 0 bridgehead atoms. The van der Waals surface area contributed by atoms with E-state index < -0.39 is 59.9 Å². The maximum absolute atomic E-state index is 13.5. The van der Waals surface area contributed by atoms with Crippen molar-refractivity contribution in [3.63, 3.8) is 0 Å². The van der Waals surface area contributed by atoms with Gasteiger partial charge in [0.15, 0.2) is 0 Å². The fourth-order valence-electron chi connectivity index (χ4n) is 4.85. The zero-order valence-electron chi connectivity index (χ0n) is 23.0. The first-order chi connectivity index (χ1) is 19.2. The van der Waals surface area contributed by atoms with E-state index in [0.29, 0.717) is 34.7 Å². The molecule has 0 aliphatic carbocycles. The van der Waals surface area contributed by atoms with Gasteiger partial charge in [0, 0.05) is 30.8 Å². The van der Waals surface area contributed by atoms with Gasteiger partial charge in [0.2, 0.25) is 0 Å². The topological polar surface area (TPSA) is 77.5 Å². The van der Waals surface area contributed by atoms with Crippen molar-refractivity contribution in [1.82, 2.24) is 4.90 Å². The van der Waals surface area contributed by atoms with E-state index in [1.165, 1.54) is 19.1 Å². The molecule has 0 unspecified atom stereocenters. The summed E-state index contributed by atoms with van der Waals surface area (Å²) in [6, 6.07) is 2.76. The minimum absolute atomic E-state index is 0.0172. The van der Waals surface area contributed by atoms with Crippen LogP contribution in [0.1, 0.15) is 54.1 Å². The number of fused-ring (bicyclic) bond motifs is 1. The molecule has 1 aliphatic heterocycles. The van der Waals surface area contributed by atoms with E-state index in [2.05, 4.69) is 0 Å². The van der Waals surface area contributed by atoms with Crippen molar-refractivity contribution < 1.29 is 54.9 Å². The molecule has 1 aliphatic rings. The van der Waals surface area contributed by atoms with Crippen molar-refractivity contribution in [2.75, 3.05) is 32.8 Å². The van der Waals surface area contributed by atoms with Crippen LogP contribution in [-0.2, 0) is 39.7 Å². The summed E-state index contributed by atoms with van der Waals surface area (Å²) in [5, 5.41) is 0. The van der Waals surface area contributed by atoms with Gasteiger partial charge >= 0.3 is 24.5 Å². The maximum atomic E-state index is 13.5. The predicted octanol–water partition coefficient (Wildman–Crippen LogP) is 6.94. The number of hydrogen-bond donors (Lipinski definition) is 0. The van der Waals surface area contributed by atoms with E-state index >= 15 is 0 Å². The first-order valence-electron chi connectivity index (χ1n) is 12.4. The monoisotopic (exact) mass is 592 g/mol. The molecule has 41 heavy (non-hydrogen) atoms. The Kier molecular flexibility index (Phi) is 9.67. The fourth-order valence-corrected chi connectivity index (χ4v) is 4.85. The van der Waals surface area contributed by atoms with E-state index in [4.69, 9.17) is 18.9 Å². The van der Waals surface area contributed by atoms with Gasteiger partial charge in [-0.05, 0) is 56.2 Å². The van der Waals surface area contributed by atoms with Crippen molar-refractivity contribution in [2.24, 2.45) is 0 Å². The molecule has 2 aromatic rings. The van der Waals surface area contributed by atoms with Crippen molar-refractivity contribution >= 4 is 17.9 Å². The highest BCUT2D eigenvalue weighted by Gasteiger charge is 2.41. The molecule has 0 fully saturated rings. The van der Waals surface area contributed by atoms with Gasteiger partial charge in [-0.3, -0.25) is 9.80 Å². The third-order valence-electron chi connectivity index (χ3n) is 6.60. The van der Waals surface area contributed by atoms with E-state index in [0.717, 1.165) is 12.0 Å². The quantitative estimate of drug-likeness (QED) is 0.324. The minimum Gasteiger partial charge on any atom is -0.496 e. The molecule has 226 valence electrons. The van der Waals surface area contributed by atoms with Gasteiger partial charge in [0.1, 0.15) is 5.75 Å². The summed E-state index contributed by atoms with van der Waals surface area (Å²) in [6.07, 6.45) is -11.8. The van der Waals surface area contributed by atoms with Crippen LogP contribution in [-0.4, -0.2) is 51.1 Å². The van der Waals surface area contributed by atoms with Gasteiger partial charge in [-0.1, -0.05) is 0 Å². The van der Waals surface area contributed by atoms with E-state index in [-0.39, 0.29) is 25.7 Å². The number of alkyl halides is 6. The molecular formula is C27H30F6N2O6. The third-order valence-corrected chi connectivity index (χ3v) is 6.60. The standard InChI is InChI=1S/C27H30F6N2O6/c1-6-41-25(37)35-15(2)7-21(20-12-23(39-4)17(14-38-3)10-22(20)35)34(24(36)40-5)13-16-8-18(26(28,29)30)11-19(9-16)27(31,32)33/h8-12,15,21H,6-7,13-14H2,1-5H3/t15-,21+/m0/s1. The number of rotatable bonds is 7. The van der Waals surface area contributed by atoms with Crippen LogP contribution in [0.5, 0.6) is 5.75 Å². The number of methoxy groups -OCH3 is 3. The lowest BCUT2D eigenvalue weighted by Gasteiger charge is -2.43. The number of carbonyl (C=O) groups excluding carboxylic acids is 2. The van der Waals surface area contributed by atoms with Crippen LogP contribution in [0.4, 0.5) is 41.6 Å². The van der Waals surface area contributed by atoms with Crippen LogP contribution in [0.3, 0.4) is 0 Å². The molecule has 0 aromatic heterocycles. The van der Waals surface area contributed by atoms with Gasteiger partial charge in [-0.15, -0.1) is 0 Å². The van der Waals surface area contributed by atoms with Gasteiger partial charge in [0.25, 0.3) is 0 Å². The highest BCUT2D eigenvalue weighted by Crippen LogP contribution is 2.45. The molecule has 2 amide bonds. The number of halogens is 6. The summed E-state index contributed by atoms with van der Waals surface area (Å²) < 4.78 is 102. The Morgan fingerprint density at radius 3 is 2.07 bits per heavy atom. The van der Waals surface area contributed by atoms with Crippen LogP contribution < -0.4 is 9.64 Å². The molecule has 2 atom stereocenters. The Morgan fingerprint density at radius 2 is 1.59 bits per heavy atom. The fraction of sp³-hybridized carbons (Fsp3) is 0.481. The smallest absolute Gasteiger partial charge is 0.416 e. The number of amides is 2. The van der Waals surface area contributed by atoms with E-state index in [1.54, 1.807) is 26.0 Å². The lowest BCUT2D eigenvalue weighted by molar-refractivity contribution is -0.143. The van der Waals surface area contributed by atoms with Crippen molar-refractivity contribution in [3.05, 3.63) is 58.1 Å². The lowest BCUT2D eigenvalue weighted by Crippen LogP contribution is -2.47. The number of benzene rings is 2. The van der Waals surface area contributed by atoms with Crippen LogP contribution in [0.15, 0.2) is 30.3 Å². The number of nitrogens with zero attached hydrogens (tertiary/aromatic N) is 2. The van der Waals surface area contributed by atoms with Crippen LogP contribution in [0.2, 0.25) is 0 Å². The summed E-state index contributed by atoms with van der Waals surface area (Å²) in [5.41, 5.74) is -2.22. The van der Waals surface area contributed by atoms with Gasteiger partial charge in [0.05, 0.1) is 50.3 Å². The van der Waals surface area contributed by atoms with Gasteiger partial charge in [-0.25, -0.2) is 9.59 Å². The highest BCUT2D eigenvalue weighted by atomic mass is 19.4. The Hall–Kier alpha value is -3.68. The zero-order chi connectivity index (χ0) is 30.7. The maximum Gasteiger partial charge on any atom is 0.416 e. The second-order valence-corrected chi connectivity index (χ2v) is 9.34. The Labute approximate surface area is 232 Å². The Balaban J connectivity index is 2.21. The molecule has 0 N–H and O–H groups in total. The largest absolute Gasteiger partial charge is 0.496 e. The van der Waals surface area contributed by atoms with Crippen molar-refractivity contribution in [2.45, 2.75) is 57.9 Å². The van der Waals surface area contributed by atoms with E-state index in [1.807, 2.05) is 0 Å². The first-order valence-corrected chi connectivity index (χ1v) is 12.4. The third kappa shape index (κ3) is 6.97. The zero-order valence-corrected chi connectivity index (χ0v) is 23.0. The van der Waals surface area contributed by atoms with Gasteiger partial charge < -0.3 is 18.9 Å². The number of anilines is 1. The minimum atomic E-state index is -5.07. The molecule has 3 rings (SSSR count). The second-order valence-electron chi connectivity index (χ2n) is 9.34. The highest BCUT2D eigenvalue weighted by molar-refractivity contribution is 5.91. The average Bonchev–Trinajstić information content (AvgIpc) is 2.89. The summed E-state index contributed by atoms with van der Waals surface area (Å²) in [4.78, 5) is 28.4. The van der Waals surface area contributed by atoms with Crippen molar-refractivity contribution in [1.29, 1.82) is 0 Å². The molecule has 0 spiro atoms. The molecular weight excluding hydrogens is 562 g/mol. The summed E-state index contributed by atoms with van der Waals surface area (Å²) in [6.45, 7) is 2.82. The van der Waals surface area contributed by atoms with Gasteiger partial charge in [-0.2, -0.15) is 26.3 Å². The van der Waals surface area contributed by atoms with E-state index in [9.17, 15) is 35.9 Å². The summed E-state index contributed by atoms with van der Waals surface area (Å²) >= 11 is 0. The molecule has 2 aromatic carbocycles. The first kappa shape index (κ1) is 31.8. The number of carbonyl (C=O) groups is 2. The SMILES string of the molecule is CCOC(=O)N1c2cc(COC)c(OC)cc2[C@H](N(Cc2cc(C(F)(F)F)cc(C(F)(F)F)c2)C(=O)OC)C[C@@H]1C. The molecule has 14 heteroatoms. The molecule has 0 radical (unpaired) electrons. The molecule has 8 nitrogen and oxygen atoms in total. The van der Waals surface area contributed by atoms with Crippen molar-refractivity contribution in [3.8, 4) is 5.75 Å². The molecule has 1 heterocycles. The number of hydrogen-bond acceptors (Lipinski definition) is 6. The molecule has 0 saturated carbocycles. The molecule has 0 saturated heterocycles. The van der Waals surface area contributed by atoms with Crippen LogP contribution in [0, 0.1) is 0 Å². The Morgan fingerprint density at radius 1 is 0.976 bits per heavy atom. The summed E-state index contributed by atoms with van der Waals surface area (Å²) in [7, 11) is 3.89. The lowest BCUT2D eigenvalue weighted by atomic mass is 9.89. The second kappa shape index (κ2) is 12.5. The van der Waals surface area contributed by atoms with Crippen LogP contribution >= 0.6 is 0 Å². The Bertz CT molecular complexity index is 1230. The number of ether oxygens (including phenoxy) is 4. The van der Waals surface area contributed by atoms with Crippen LogP contribution in [0.25, 0.3) is 0 Å².